The zero-order valence-electron chi connectivity index (χ0n) is 18.9. The van der Waals surface area contributed by atoms with Crippen LogP contribution in [0.25, 0.3) is 0 Å². The molecule has 176 valence electrons. The van der Waals surface area contributed by atoms with E-state index < -0.39 is 12.6 Å². The normalized spacial score (nSPS) is 13.2. The van der Waals surface area contributed by atoms with Crippen LogP contribution >= 0.6 is 11.9 Å². The zero-order chi connectivity index (χ0) is 23.8. The van der Waals surface area contributed by atoms with Gasteiger partial charge in [0.1, 0.15) is 5.75 Å². The van der Waals surface area contributed by atoms with Gasteiger partial charge < -0.3 is 20.7 Å². The van der Waals surface area contributed by atoms with Crippen LogP contribution in [0.5, 0.6) is 5.75 Å². The standard InChI is InChI=1S/C14H18F2N2O2.C9H14N2S/c1-7(2)10-5-9(20-13(15)16)6-11(8-3-4-8)12(10)18-14(17)19;1-11(2)7-8-3-5-9(12-10)6-4-8/h5-8,13H,3-4H2,1-2H3,(H3,17,18,19);3-6H,7,10H2,1-2H3. The molecule has 0 radical (unpaired) electrons. The van der Waals surface area contributed by atoms with Gasteiger partial charge in [-0.05, 0) is 91.7 Å². The van der Waals surface area contributed by atoms with Crippen LogP contribution < -0.4 is 20.9 Å². The quantitative estimate of drug-likeness (QED) is 0.447. The van der Waals surface area contributed by atoms with Crippen molar-refractivity contribution in [2.45, 2.75) is 56.6 Å². The molecule has 2 amide bonds. The summed E-state index contributed by atoms with van der Waals surface area (Å²) in [4.78, 5) is 14.4. The van der Waals surface area contributed by atoms with Gasteiger partial charge in [0, 0.05) is 17.1 Å². The third-order valence-corrected chi connectivity index (χ3v) is 5.39. The summed E-state index contributed by atoms with van der Waals surface area (Å²) in [5, 5.41) is 8.03. The SMILES string of the molecule is CC(C)c1cc(OC(F)F)cc(C2CC2)c1NC(N)=O.CN(C)Cc1ccc(SN)cc1. The minimum Gasteiger partial charge on any atom is -0.435 e. The Morgan fingerprint density at radius 1 is 1.22 bits per heavy atom. The fraction of sp³-hybridized carbons (Fsp3) is 0.435. The van der Waals surface area contributed by atoms with Crippen LogP contribution in [0.4, 0.5) is 19.3 Å². The summed E-state index contributed by atoms with van der Waals surface area (Å²) in [6.07, 6.45) is 1.95. The van der Waals surface area contributed by atoms with Gasteiger partial charge in [-0.1, -0.05) is 26.0 Å². The number of hydrogen-bond donors (Lipinski definition) is 3. The van der Waals surface area contributed by atoms with Gasteiger partial charge in [-0.2, -0.15) is 8.78 Å². The Morgan fingerprint density at radius 3 is 2.28 bits per heavy atom. The van der Waals surface area contributed by atoms with E-state index in [4.69, 9.17) is 10.9 Å². The smallest absolute Gasteiger partial charge is 0.387 e. The van der Waals surface area contributed by atoms with Crippen molar-refractivity contribution >= 4 is 23.7 Å². The molecule has 2 aromatic rings. The van der Waals surface area contributed by atoms with Gasteiger partial charge in [-0.15, -0.1) is 0 Å². The van der Waals surface area contributed by atoms with Crippen LogP contribution in [0.3, 0.4) is 0 Å². The molecule has 1 saturated carbocycles. The fourth-order valence-electron chi connectivity index (χ4n) is 3.31. The minimum atomic E-state index is -2.86. The van der Waals surface area contributed by atoms with Gasteiger partial charge in [0.05, 0.1) is 0 Å². The number of urea groups is 1. The Kier molecular flexibility index (Phi) is 9.74. The molecule has 32 heavy (non-hydrogen) atoms. The molecule has 0 saturated heterocycles. The average Bonchev–Trinajstić information content (AvgIpc) is 3.54. The van der Waals surface area contributed by atoms with Crippen molar-refractivity contribution in [2.24, 2.45) is 10.9 Å². The molecule has 0 atom stereocenters. The molecule has 1 fully saturated rings. The van der Waals surface area contributed by atoms with E-state index in [9.17, 15) is 13.6 Å². The molecule has 0 aliphatic heterocycles. The number of halogens is 2. The highest BCUT2D eigenvalue weighted by atomic mass is 32.2. The number of rotatable bonds is 8. The maximum Gasteiger partial charge on any atom is 0.387 e. The lowest BCUT2D eigenvalue weighted by molar-refractivity contribution is -0.0499. The molecule has 0 bridgehead atoms. The first kappa shape index (κ1) is 25.9. The van der Waals surface area contributed by atoms with Crippen molar-refractivity contribution in [1.29, 1.82) is 0 Å². The highest BCUT2D eigenvalue weighted by molar-refractivity contribution is 7.97. The summed E-state index contributed by atoms with van der Waals surface area (Å²) in [6, 6.07) is 10.8. The summed E-state index contributed by atoms with van der Waals surface area (Å²) < 4.78 is 29.3. The molecule has 0 spiro atoms. The molecule has 1 aliphatic rings. The van der Waals surface area contributed by atoms with Crippen LogP contribution in [-0.2, 0) is 6.54 Å². The highest BCUT2D eigenvalue weighted by Crippen LogP contribution is 2.47. The molecule has 2 aromatic carbocycles. The Hall–Kier alpha value is -2.36. The van der Waals surface area contributed by atoms with Crippen molar-refractivity contribution in [3.63, 3.8) is 0 Å². The first-order valence-corrected chi connectivity index (χ1v) is 11.3. The van der Waals surface area contributed by atoms with Crippen LogP contribution in [0, 0.1) is 0 Å². The Balaban J connectivity index is 0.000000258. The minimum absolute atomic E-state index is 0.0515. The average molecular weight is 467 g/mol. The van der Waals surface area contributed by atoms with E-state index in [1.54, 1.807) is 6.07 Å². The number of benzene rings is 2. The second-order valence-corrected chi connectivity index (χ2v) is 8.98. The van der Waals surface area contributed by atoms with Gasteiger partial charge in [-0.25, -0.2) is 4.79 Å². The Labute approximate surface area is 192 Å². The van der Waals surface area contributed by atoms with Crippen molar-refractivity contribution < 1.29 is 18.3 Å². The van der Waals surface area contributed by atoms with Gasteiger partial charge >= 0.3 is 12.6 Å². The molecule has 0 heterocycles. The topological polar surface area (TPSA) is 93.6 Å². The molecule has 0 unspecified atom stereocenters. The summed E-state index contributed by atoms with van der Waals surface area (Å²) >= 11 is 1.28. The molecule has 5 N–H and O–H groups in total. The van der Waals surface area contributed by atoms with Crippen LogP contribution in [0.2, 0.25) is 0 Å². The van der Waals surface area contributed by atoms with E-state index in [2.05, 4.69) is 41.2 Å². The molecule has 9 heteroatoms. The number of hydrogen-bond acceptors (Lipinski definition) is 5. The van der Waals surface area contributed by atoms with Crippen molar-refractivity contribution in [2.75, 3.05) is 19.4 Å². The van der Waals surface area contributed by atoms with Gasteiger partial charge in [0.15, 0.2) is 0 Å². The maximum absolute atomic E-state index is 12.4. The number of nitrogens with one attached hydrogen (secondary N) is 1. The second kappa shape index (κ2) is 12.0. The Bertz CT molecular complexity index is 865. The number of ether oxygens (including phenoxy) is 1. The highest BCUT2D eigenvalue weighted by Gasteiger charge is 2.29. The largest absolute Gasteiger partial charge is 0.435 e. The number of carbonyl (C=O) groups is 1. The van der Waals surface area contributed by atoms with E-state index in [0.717, 1.165) is 35.4 Å². The van der Waals surface area contributed by atoms with Crippen LogP contribution in [-0.4, -0.2) is 31.6 Å². The van der Waals surface area contributed by atoms with E-state index >= 15 is 0 Å². The predicted octanol–water partition coefficient (Wildman–Crippen LogP) is 5.49. The molecular formula is C23H32F2N4O2S. The number of nitrogens with two attached hydrogens (primary N) is 2. The predicted molar refractivity (Wildman–Crippen MR) is 126 cm³/mol. The van der Waals surface area contributed by atoms with Gasteiger partial charge in [0.25, 0.3) is 0 Å². The lowest BCUT2D eigenvalue weighted by atomic mass is 9.95. The first-order valence-electron chi connectivity index (χ1n) is 10.4. The Morgan fingerprint density at radius 2 is 1.84 bits per heavy atom. The maximum atomic E-state index is 12.4. The van der Waals surface area contributed by atoms with Crippen LogP contribution in [0.15, 0.2) is 41.3 Å². The summed E-state index contributed by atoms with van der Waals surface area (Å²) in [5.74, 6) is 0.451. The number of alkyl halides is 2. The third kappa shape index (κ3) is 8.29. The molecule has 0 aromatic heterocycles. The summed E-state index contributed by atoms with van der Waals surface area (Å²) in [7, 11) is 4.12. The lowest BCUT2D eigenvalue weighted by Gasteiger charge is -2.19. The fourth-order valence-corrected chi connectivity index (χ4v) is 3.60. The van der Waals surface area contributed by atoms with E-state index in [-0.39, 0.29) is 17.6 Å². The van der Waals surface area contributed by atoms with Gasteiger partial charge in [0.2, 0.25) is 0 Å². The van der Waals surface area contributed by atoms with Crippen molar-refractivity contribution in [3.8, 4) is 5.75 Å². The lowest BCUT2D eigenvalue weighted by Crippen LogP contribution is -2.21. The number of amides is 2. The van der Waals surface area contributed by atoms with E-state index in [1.165, 1.54) is 23.6 Å². The van der Waals surface area contributed by atoms with Crippen molar-refractivity contribution in [3.05, 3.63) is 53.1 Å². The molecular weight excluding hydrogens is 434 g/mol. The number of anilines is 1. The number of carbonyl (C=O) groups excluding carboxylic acids is 1. The zero-order valence-corrected chi connectivity index (χ0v) is 19.7. The number of primary amides is 1. The van der Waals surface area contributed by atoms with E-state index in [1.807, 2.05) is 26.0 Å². The summed E-state index contributed by atoms with van der Waals surface area (Å²) in [5.41, 5.74) is 8.73. The third-order valence-electron chi connectivity index (χ3n) is 4.84. The molecule has 3 rings (SSSR count). The monoisotopic (exact) mass is 466 g/mol. The first-order chi connectivity index (χ1) is 15.1. The van der Waals surface area contributed by atoms with Gasteiger partial charge in [-0.3, -0.25) is 5.14 Å². The second-order valence-electron chi connectivity index (χ2n) is 8.27. The van der Waals surface area contributed by atoms with E-state index in [0.29, 0.717) is 5.69 Å². The molecule has 6 nitrogen and oxygen atoms in total. The number of nitrogens with zero attached hydrogens (tertiary/aromatic N) is 1. The van der Waals surface area contributed by atoms with Crippen molar-refractivity contribution in [1.82, 2.24) is 4.90 Å². The summed E-state index contributed by atoms with van der Waals surface area (Å²) in [6.45, 7) is 1.96. The van der Waals surface area contributed by atoms with Crippen LogP contribution in [0.1, 0.15) is 55.2 Å². The molecule has 1 aliphatic carbocycles.